The zero-order chi connectivity index (χ0) is 17.9. The highest BCUT2D eigenvalue weighted by Gasteiger charge is 2.02. The number of aliphatic imine (C=N–C) groups is 1. The number of halogens is 2. The Morgan fingerprint density at radius 1 is 1.23 bits per heavy atom. The molecule has 0 aliphatic carbocycles. The monoisotopic (exact) mass is 475 g/mol. The van der Waals surface area contributed by atoms with Crippen LogP contribution in [0.4, 0.5) is 4.39 Å². The van der Waals surface area contributed by atoms with E-state index in [-0.39, 0.29) is 29.8 Å². The molecule has 0 amide bonds. The molecule has 5 nitrogen and oxygen atoms in total. The number of furan rings is 1. The Balaban J connectivity index is 0.00000338. The van der Waals surface area contributed by atoms with E-state index in [4.69, 9.17) is 9.15 Å². The summed E-state index contributed by atoms with van der Waals surface area (Å²) in [6.45, 7) is 4.58. The molecule has 0 aliphatic rings. The first kappa shape index (κ1) is 22.4. The Morgan fingerprint density at radius 3 is 2.73 bits per heavy atom. The topological polar surface area (TPSA) is 58.8 Å². The standard InChI is InChI=1S/C19H26FN3O2.HI/c1-15-13-17(20)7-6-16(15)8-10-23-19(21-2)22-9-4-11-24-14-18-5-3-12-25-18;/h3,5-7,12-13H,4,8-11,14H2,1-2H3,(H2,21,22,23);1H. The highest BCUT2D eigenvalue weighted by molar-refractivity contribution is 14.0. The molecule has 1 aromatic carbocycles. The Hall–Kier alpha value is -1.61. The molecule has 144 valence electrons. The van der Waals surface area contributed by atoms with Crippen molar-refractivity contribution in [1.29, 1.82) is 0 Å². The van der Waals surface area contributed by atoms with Crippen molar-refractivity contribution in [3.8, 4) is 0 Å². The lowest BCUT2D eigenvalue weighted by atomic mass is 10.1. The Kier molecular flexibility index (Phi) is 11.0. The summed E-state index contributed by atoms with van der Waals surface area (Å²) in [5, 5.41) is 6.51. The molecule has 0 fully saturated rings. The number of nitrogens with zero attached hydrogens (tertiary/aromatic N) is 1. The van der Waals surface area contributed by atoms with Gasteiger partial charge in [0.2, 0.25) is 0 Å². The number of nitrogens with one attached hydrogen (secondary N) is 2. The van der Waals surface area contributed by atoms with E-state index < -0.39 is 0 Å². The maximum Gasteiger partial charge on any atom is 0.190 e. The SMILES string of the molecule is CN=C(NCCCOCc1ccco1)NCCc1ccc(F)cc1C.I. The minimum atomic E-state index is -0.194. The third-order valence-corrected chi connectivity index (χ3v) is 3.80. The number of aryl methyl sites for hydroxylation is 1. The number of ether oxygens (including phenoxy) is 1. The van der Waals surface area contributed by atoms with E-state index in [9.17, 15) is 4.39 Å². The minimum Gasteiger partial charge on any atom is -0.467 e. The van der Waals surface area contributed by atoms with Crippen molar-refractivity contribution in [3.05, 3.63) is 59.3 Å². The second-order valence-electron chi connectivity index (χ2n) is 5.73. The molecular weight excluding hydrogens is 448 g/mol. The van der Waals surface area contributed by atoms with Crippen molar-refractivity contribution in [1.82, 2.24) is 10.6 Å². The quantitative estimate of drug-likeness (QED) is 0.252. The molecule has 0 aliphatic heterocycles. The average molecular weight is 475 g/mol. The molecular formula is C19H27FIN3O2. The molecule has 0 bridgehead atoms. The molecule has 0 spiro atoms. The molecule has 0 unspecified atom stereocenters. The van der Waals surface area contributed by atoms with Gasteiger partial charge in [-0.1, -0.05) is 6.07 Å². The van der Waals surface area contributed by atoms with Crippen LogP contribution in [0.5, 0.6) is 0 Å². The van der Waals surface area contributed by atoms with E-state index in [1.807, 2.05) is 25.1 Å². The van der Waals surface area contributed by atoms with Crippen molar-refractivity contribution in [2.75, 3.05) is 26.7 Å². The summed E-state index contributed by atoms with van der Waals surface area (Å²) in [4.78, 5) is 4.19. The maximum absolute atomic E-state index is 13.1. The zero-order valence-corrected chi connectivity index (χ0v) is 17.6. The lowest BCUT2D eigenvalue weighted by Crippen LogP contribution is -2.39. The predicted molar refractivity (Wildman–Crippen MR) is 113 cm³/mol. The molecule has 2 aromatic rings. The number of rotatable bonds is 9. The molecule has 26 heavy (non-hydrogen) atoms. The van der Waals surface area contributed by atoms with Crippen LogP contribution in [0.1, 0.15) is 23.3 Å². The van der Waals surface area contributed by atoms with Gasteiger partial charge in [0.15, 0.2) is 5.96 Å². The lowest BCUT2D eigenvalue weighted by Gasteiger charge is -2.12. The fraction of sp³-hybridized carbons (Fsp3) is 0.421. The second kappa shape index (κ2) is 12.7. The summed E-state index contributed by atoms with van der Waals surface area (Å²) in [7, 11) is 1.74. The van der Waals surface area contributed by atoms with Gasteiger partial charge in [-0.25, -0.2) is 4.39 Å². The number of benzene rings is 1. The van der Waals surface area contributed by atoms with Crippen LogP contribution in [-0.2, 0) is 17.8 Å². The Bertz CT molecular complexity index is 663. The number of guanidine groups is 1. The predicted octanol–water partition coefficient (Wildman–Crippen LogP) is 3.66. The van der Waals surface area contributed by atoms with Crippen molar-refractivity contribution in [2.24, 2.45) is 4.99 Å². The summed E-state index contributed by atoms with van der Waals surface area (Å²) in [6, 6.07) is 8.64. The molecule has 1 heterocycles. The van der Waals surface area contributed by atoms with Crippen molar-refractivity contribution in [2.45, 2.75) is 26.4 Å². The summed E-state index contributed by atoms with van der Waals surface area (Å²) < 4.78 is 23.8. The first-order chi connectivity index (χ1) is 12.2. The van der Waals surface area contributed by atoms with Crippen LogP contribution in [0.2, 0.25) is 0 Å². The van der Waals surface area contributed by atoms with Gasteiger partial charge < -0.3 is 19.8 Å². The van der Waals surface area contributed by atoms with Crippen LogP contribution < -0.4 is 10.6 Å². The van der Waals surface area contributed by atoms with Crippen LogP contribution >= 0.6 is 24.0 Å². The smallest absolute Gasteiger partial charge is 0.190 e. The van der Waals surface area contributed by atoms with Gasteiger partial charge in [0.1, 0.15) is 18.2 Å². The van der Waals surface area contributed by atoms with Crippen LogP contribution in [-0.4, -0.2) is 32.7 Å². The Morgan fingerprint density at radius 2 is 2.04 bits per heavy atom. The number of hydrogen-bond donors (Lipinski definition) is 2. The van der Waals surface area contributed by atoms with E-state index in [0.717, 1.165) is 48.8 Å². The van der Waals surface area contributed by atoms with E-state index in [0.29, 0.717) is 13.2 Å². The van der Waals surface area contributed by atoms with Crippen LogP contribution in [0.3, 0.4) is 0 Å². The Labute approximate surface area is 171 Å². The van der Waals surface area contributed by atoms with Crippen molar-refractivity contribution < 1.29 is 13.5 Å². The largest absolute Gasteiger partial charge is 0.467 e. The van der Waals surface area contributed by atoms with Crippen LogP contribution in [0.15, 0.2) is 46.0 Å². The summed E-state index contributed by atoms with van der Waals surface area (Å²) in [6.07, 6.45) is 3.33. The fourth-order valence-corrected chi connectivity index (χ4v) is 2.42. The van der Waals surface area contributed by atoms with Crippen LogP contribution in [0, 0.1) is 12.7 Å². The van der Waals surface area contributed by atoms with E-state index in [2.05, 4.69) is 15.6 Å². The minimum absolute atomic E-state index is 0. The third kappa shape index (κ3) is 8.18. The summed E-state index contributed by atoms with van der Waals surface area (Å²) >= 11 is 0. The third-order valence-electron chi connectivity index (χ3n) is 3.80. The summed E-state index contributed by atoms with van der Waals surface area (Å²) in [5.41, 5.74) is 2.11. The maximum atomic E-state index is 13.1. The van der Waals surface area contributed by atoms with Gasteiger partial charge in [-0.15, -0.1) is 24.0 Å². The van der Waals surface area contributed by atoms with Gasteiger partial charge in [0, 0.05) is 26.7 Å². The first-order valence-electron chi connectivity index (χ1n) is 8.48. The van der Waals surface area contributed by atoms with E-state index in [1.165, 1.54) is 6.07 Å². The van der Waals surface area contributed by atoms with Gasteiger partial charge in [-0.3, -0.25) is 4.99 Å². The van der Waals surface area contributed by atoms with E-state index in [1.54, 1.807) is 19.4 Å². The zero-order valence-electron chi connectivity index (χ0n) is 15.3. The van der Waals surface area contributed by atoms with Gasteiger partial charge in [-0.2, -0.15) is 0 Å². The van der Waals surface area contributed by atoms with Gasteiger partial charge in [0.25, 0.3) is 0 Å². The fourth-order valence-electron chi connectivity index (χ4n) is 2.42. The molecule has 7 heteroatoms. The highest BCUT2D eigenvalue weighted by atomic mass is 127. The van der Waals surface area contributed by atoms with Crippen molar-refractivity contribution >= 4 is 29.9 Å². The average Bonchev–Trinajstić information content (AvgIpc) is 3.11. The normalized spacial score (nSPS) is 11.1. The number of hydrogen-bond acceptors (Lipinski definition) is 3. The molecule has 2 rings (SSSR count). The first-order valence-corrected chi connectivity index (χ1v) is 8.48. The molecule has 2 N–H and O–H groups in total. The lowest BCUT2D eigenvalue weighted by molar-refractivity contribution is 0.105. The molecule has 0 atom stereocenters. The molecule has 0 saturated carbocycles. The summed E-state index contributed by atoms with van der Waals surface area (Å²) in [5.74, 6) is 1.40. The highest BCUT2D eigenvalue weighted by Crippen LogP contribution is 2.10. The van der Waals surface area contributed by atoms with Gasteiger partial charge in [0.05, 0.1) is 6.26 Å². The molecule has 0 saturated heterocycles. The molecule has 0 radical (unpaired) electrons. The van der Waals surface area contributed by atoms with E-state index >= 15 is 0 Å². The van der Waals surface area contributed by atoms with Gasteiger partial charge in [-0.05, 0) is 55.2 Å². The van der Waals surface area contributed by atoms with Gasteiger partial charge >= 0.3 is 0 Å². The molecule has 1 aromatic heterocycles. The van der Waals surface area contributed by atoms with Crippen LogP contribution in [0.25, 0.3) is 0 Å². The second-order valence-corrected chi connectivity index (χ2v) is 5.73. The van der Waals surface area contributed by atoms with Crippen molar-refractivity contribution in [3.63, 3.8) is 0 Å².